The van der Waals surface area contributed by atoms with Crippen LogP contribution in [0.3, 0.4) is 0 Å². The number of Topliss-reactive ketones (excluding diaryl/α,β-unsaturated/α-hetero) is 1. The molecular formula is C23H30FNO6. The molecule has 0 unspecified atom stereocenters. The summed E-state index contributed by atoms with van der Waals surface area (Å²) in [6, 6.07) is 0. The van der Waals surface area contributed by atoms with Crippen LogP contribution in [0.25, 0.3) is 0 Å². The van der Waals surface area contributed by atoms with Crippen molar-refractivity contribution in [1.82, 2.24) is 0 Å². The largest absolute Gasteiger partial charge is 0.442 e. The number of nitrogens with two attached hydrogens (primary N) is 1. The fourth-order valence-electron chi connectivity index (χ4n) is 7.39. The Balaban J connectivity index is 1.76. The molecule has 8 heteroatoms. The lowest BCUT2D eigenvalue weighted by Gasteiger charge is -2.62. The number of amides is 1. The van der Waals surface area contributed by atoms with Gasteiger partial charge >= 0.3 is 6.09 Å². The van der Waals surface area contributed by atoms with E-state index < -0.39 is 58.5 Å². The van der Waals surface area contributed by atoms with Crippen LogP contribution in [0.15, 0.2) is 23.8 Å². The lowest BCUT2D eigenvalue weighted by atomic mass is 9.44. The fourth-order valence-corrected chi connectivity index (χ4v) is 7.39. The molecule has 170 valence electrons. The van der Waals surface area contributed by atoms with E-state index in [4.69, 9.17) is 5.73 Å². The summed E-state index contributed by atoms with van der Waals surface area (Å²) in [5.74, 6) is -2.37. The van der Waals surface area contributed by atoms with Crippen LogP contribution in [0.4, 0.5) is 9.18 Å². The Morgan fingerprint density at radius 1 is 1.32 bits per heavy atom. The smallest absolute Gasteiger partial charge is 0.404 e. The second-order valence-corrected chi connectivity index (χ2v) is 10.2. The molecule has 0 radical (unpaired) electrons. The van der Waals surface area contributed by atoms with Crippen molar-refractivity contribution in [2.45, 2.75) is 63.8 Å². The summed E-state index contributed by atoms with van der Waals surface area (Å²) in [7, 11) is 0. The highest BCUT2D eigenvalue weighted by Crippen LogP contribution is 2.70. The predicted molar refractivity (Wildman–Crippen MR) is 108 cm³/mol. The quantitative estimate of drug-likeness (QED) is 0.622. The molecule has 4 N–H and O–H groups in total. The highest BCUT2D eigenvalue weighted by atomic mass is 19.1. The molecule has 0 aliphatic heterocycles. The van der Waals surface area contributed by atoms with Gasteiger partial charge in [0.25, 0.3) is 0 Å². The third-order valence-electron chi connectivity index (χ3n) is 8.99. The molecule has 0 aromatic carbocycles. The monoisotopic (exact) mass is 435 g/mol. The van der Waals surface area contributed by atoms with Crippen LogP contribution >= 0.6 is 0 Å². The van der Waals surface area contributed by atoms with Gasteiger partial charge in [-0.15, -0.1) is 0 Å². The number of hydrogen-bond acceptors (Lipinski definition) is 6. The number of halogens is 1. The molecule has 0 heterocycles. The Morgan fingerprint density at radius 3 is 2.65 bits per heavy atom. The molecule has 0 bridgehead atoms. The van der Waals surface area contributed by atoms with Gasteiger partial charge < -0.3 is 20.7 Å². The zero-order valence-corrected chi connectivity index (χ0v) is 18.1. The van der Waals surface area contributed by atoms with Crippen molar-refractivity contribution in [3.05, 3.63) is 23.8 Å². The number of hydrogen-bond donors (Lipinski definition) is 3. The van der Waals surface area contributed by atoms with Gasteiger partial charge in [0, 0.05) is 16.7 Å². The first-order valence-electron chi connectivity index (χ1n) is 10.8. The Hall–Kier alpha value is -2.06. The molecule has 0 saturated heterocycles. The molecule has 4 rings (SSSR count). The Kier molecular flexibility index (Phi) is 4.80. The molecule has 3 fully saturated rings. The van der Waals surface area contributed by atoms with Gasteiger partial charge in [-0.3, -0.25) is 9.59 Å². The van der Waals surface area contributed by atoms with E-state index in [1.807, 2.05) is 0 Å². The van der Waals surface area contributed by atoms with Crippen LogP contribution < -0.4 is 5.73 Å². The summed E-state index contributed by atoms with van der Waals surface area (Å²) in [5.41, 5.74) is -0.498. The number of primary amides is 1. The van der Waals surface area contributed by atoms with Gasteiger partial charge in [-0.1, -0.05) is 25.5 Å². The minimum absolute atomic E-state index is 0.127. The van der Waals surface area contributed by atoms with Crippen molar-refractivity contribution in [3.63, 3.8) is 0 Å². The number of carbonyl (C=O) groups is 3. The van der Waals surface area contributed by atoms with E-state index in [0.29, 0.717) is 24.8 Å². The van der Waals surface area contributed by atoms with Crippen molar-refractivity contribution >= 4 is 17.7 Å². The average molecular weight is 435 g/mol. The highest BCUT2D eigenvalue weighted by molar-refractivity contribution is 6.01. The van der Waals surface area contributed by atoms with Gasteiger partial charge in [0.2, 0.25) is 5.78 Å². The SMILES string of the molecule is C[C@H]1C[C@@H]2[C@H]3CCC4=CC(=O)C=C[C@@]4(C)[C@]3(F)[C@H](O)C[C@@]2(C)[C@]1(O)C(=O)COC(N)=O. The summed E-state index contributed by atoms with van der Waals surface area (Å²) in [5, 5.41) is 22.8. The maximum atomic E-state index is 17.0. The molecule has 31 heavy (non-hydrogen) atoms. The van der Waals surface area contributed by atoms with Crippen molar-refractivity contribution in [2.75, 3.05) is 6.61 Å². The van der Waals surface area contributed by atoms with E-state index in [-0.39, 0.29) is 18.1 Å². The standard InChI is InChI=1S/C23H30FNO6/c1-12-8-16-15-5-4-13-9-14(26)6-7-20(13,2)22(15,24)17(27)10-21(16,3)23(12,30)18(28)11-31-19(25)29/h6-7,9,12,15-17,27,30H,4-5,8,10-11H2,1-3H3,(H2,25,29)/t12-,15+,16+,17+,20+,21+,22+,23+/m0/s1. The van der Waals surface area contributed by atoms with E-state index in [2.05, 4.69) is 4.74 Å². The van der Waals surface area contributed by atoms with Crippen molar-refractivity contribution in [2.24, 2.45) is 34.3 Å². The van der Waals surface area contributed by atoms with Crippen molar-refractivity contribution in [3.8, 4) is 0 Å². The molecule has 0 aromatic heterocycles. The number of ketones is 2. The van der Waals surface area contributed by atoms with Crippen LogP contribution in [0.5, 0.6) is 0 Å². The van der Waals surface area contributed by atoms with E-state index in [0.717, 1.165) is 0 Å². The maximum Gasteiger partial charge on any atom is 0.404 e. The average Bonchev–Trinajstić information content (AvgIpc) is 2.89. The van der Waals surface area contributed by atoms with Gasteiger partial charge in [0.05, 0.1) is 6.10 Å². The zero-order chi connectivity index (χ0) is 23.0. The van der Waals surface area contributed by atoms with Crippen LogP contribution in [-0.4, -0.2) is 51.9 Å². The normalized spacial score (nSPS) is 48.3. The van der Waals surface area contributed by atoms with Gasteiger partial charge in [0.1, 0.15) is 5.60 Å². The fraction of sp³-hybridized carbons (Fsp3) is 0.696. The predicted octanol–water partition coefficient (Wildman–Crippen LogP) is 2.00. The summed E-state index contributed by atoms with van der Waals surface area (Å²) >= 11 is 0. The van der Waals surface area contributed by atoms with Gasteiger partial charge in [0.15, 0.2) is 18.1 Å². The number of fused-ring (bicyclic) bond motifs is 5. The number of carbonyl (C=O) groups excluding carboxylic acids is 3. The van der Waals surface area contributed by atoms with Crippen molar-refractivity contribution < 1.29 is 33.7 Å². The van der Waals surface area contributed by atoms with E-state index in [9.17, 15) is 24.6 Å². The van der Waals surface area contributed by atoms with Crippen molar-refractivity contribution in [1.29, 1.82) is 0 Å². The van der Waals surface area contributed by atoms with Crippen LogP contribution in [0.1, 0.15) is 46.5 Å². The lowest BCUT2D eigenvalue weighted by Crippen LogP contribution is -2.69. The van der Waals surface area contributed by atoms with Crippen LogP contribution in [0.2, 0.25) is 0 Å². The second-order valence-electron chi connectivity index (χ2n) is 10.2. The molecule has 0 spiro atoms. The number of alkyl halides is 1. The lowest BCUT2D eigenvalue weighted by molar-refractivity contribution is -0.219. The number of ether oxygens (including phenoxy) is 1. The van der Waals surface area contributed by atoms with E-state index in [1.54, 1.807) is 26.8 Å². The molecule has 4 aliphatic carbocycles. The first-order valence-corrected chi connectivity index (χ1v) is 10.8. The second kappa shape index (κ2) is 6.72. The third-order valence-corrected chi connectivity index (χ3v) is 8.99. The van der Waals surface area contributed by atoms with Gasteiger partial charge in [-0.25, -0.2) is 9.18 Å². The first-order chi connectivity index (χ1) is 14.3. The molecule has 1 amide bonds. The highest BCUT2D eigenvalue weighted by Gasteiger charge is 2.75. The zero-order valence-electron chi connectivity index (χ0n) is 18.1. The molecule has 8 atom stereocenters. The molecule has 7 nitrogen and oxygen atoms in total. The summed E-state index contributed by atoms with van der Waals surface area (Å²) in [6.45, 7) is 4.50. The summed E-state index contributed by atoms with van der Waals surface area (Å²) in [4.78, 5) is 35.9. The third kappa shape index (κ3) is 2.61. The number of rotatable bonds is 3. The Bertz CT molecular complexity index is 916. The molecular weight excluding hydrogens is 405 g/mol. The van der Waals surface area contributed by atoms with Gasteiger partial charge in [-0.2, -0.15) is 0 Å². The Morgan fingerprint density at radius 2 is 2.00 bits per heavy atom. The minimum Gasteiger partial charge on any atom is -0.442 e. The molecule has 0 aromatic rings. The topological polar surface area (TPSA) is 127 Å². The van der Waals surface area contributed by atoms with Crippen LogP contribution in [0, 0.1) is 28.6 Å². The number of aliphatic hydroxyl groups is 2. The minimum atomic E-state index is -2.03. The maximum absolute atomic E-state index is 17.0. The first kappa shape index (κ1) is 22.1. The van der Waals surface area contributed by atoms with E-state index in [1.165, 1.54) is 12.2 Å². The summed E-state index contributed by atoms with van der Waals surface area (Å²) < 4.78 is 21.6. The molecule has 3 saturated carbocycles. The van der Waals surface area contributed by atoms with Gasteiger partial charge in [-0.05, 0) is 56.6 Å². The molecule has 4 aliphatic rings. The van der Waals surface area contributed by atoms with E-state index >= 15 is 4.39 Å². The Labute approximate surface area is 180 Å². The van der Waals surface area contributed by atoms with Crippen LogP contribution in [-0.2, 0) is 14.3 Å². The summed E-state index contributed by atoms with van der Waals surface area (Å²) in [6.07, 6.45) is 3.01. The number of allylic oxidation sites excluding steroid dienone is 4. The number of aliphatic hydroxyl groups excluding tert-OH is 1.